The van der Waals surface area contributed by atoms with E-state index in [1.807, 2.05) is 0 Å². The van der Waals surface area contributed by atoms with Gasteiger partial charge in [0.15, 0.2) is 0 Å². The summed E-state index contributed by atoms with van der Waals surface area (Å²) in [5, 5.41) is 14.8. The van der Waals surface area contributed by atoms with E-state index in [4.69, 9.17) is 4.42 Å². The lowest BCUT2D eigenvalue weighted by atomic mass is 9.85. The van der Waals surface area contributed by atoms with Crippen LogP contribution in [-0.2, 0) is 0 Å². The predicted octanol–water partition coefficient (Wildman–Crippen LogP) is 16.0. The molecule has 12 rings (SSSR count). The van der Waals surface area contributed by atoms with Gasteiger partial charge in [-0.2, -0.15) is 0 Å². The number of hydrogen-bond donors (Lipinski definition) is 0. The van der Waals surface area contributed by atoms with Crippen molar-refractivity contribution in [3.8, 4) is 44.5 Å². The van der Waals surface area contributed by atoms with E-state index in [2.05, 4.69) is 206 Å². The summed E-state index contributed by atoms with van der Waals surface area (Å²) in [5.74, 6) is 0. The van der Waals surface area contributed by atoms with Crippen LogP contribution in [0.5, 0.6) is 0 Å². The summed E-state index contributed by atoms with van der Waals surface area (Å²) in [6, 6.07) is 75.4. The van der Waals surface area contributed by atoms with Gasteiger partial charge in [0.25, 0.3) is 0 Å². The molecule has 11 aromatic carbocycles. The molecule has 264 valence electrons. The van der Waals surface area contributed by atoms with Gasteiger partial charge in [0.2, 0.25) is 0 Å². The van der Waals surface area contributed by atoms with Crippen LogP contribution >= 0.6 is 0 Å². The second-order valence-electron chi connectivity index (χ2n) is 15.2. The first-order valence-electron chi connectivity index (χ1n) is 19.7. The number of rotatable bonds is 4. The van der Waals surface area contributed by atoms with Crippen molar-refractivity contribution >= 4 is 75.8 Å². The Morgan fingerprint density at radius 1 is 0.228 bits per heavy atom. The van der Waals surface area contributed by atoms with Gasteiger partial charge in [-0.3, -0.25) is 0 Å². The molecule has 0 saturated heterocycles. The van der Waals surface area contributed by atoms with Crippen molar-refractivity contribution in [1.82, 2.24) is 0 Å². The fourth-order valence-corrected chi connectivity index (χ4v) is 9.36. The zero-order valence-corrected chi connectivity index (χ0v) is 31.0. The molecule has 0 saturated carbocycles. The topological polar surface area (TPSA) is 13.1 Å². The van der Waals surface area contributed by atoms with E-state index in [0.717, 1.165) is 21.9 Å². The molecule has 1 heterocycles. The fourth-order valence-electron chi connectivity index (χ4n) is 9.36. The number of furan rings is 1. The molecule has 0 amide bonds. The Hall–Kier alpha value is -7.48. The SMILES string of the molecule is c1cc(-c2c3ccccc3c(-c3ccc(-c4ccc5oc6cc7ccccc7cc6c5c4)cc3)c3ccccc23)cc(-c2cc3ccccc3c3ccccc23)c1. The third-order valence-electron chi connectivity index (χ3n) is 12.0. The maximum absolute atomic E-state index is 6.31. The smallest absolute Gasteiger partial charge is 0.136 e. The van der Waals surface area contributed by atoms with Gasteiger partial charge in [-0.05, 0) is 135 Å². The Labute approximate surface area is 329 Å². The van der Waals surface area contributed by atoms with Gasteiger partial charge < -0.3 is 4.42 Å². The maximum Gasteiger partial charge on any atom is 0.136 e. The monoisotopic (exact) mass is 722 g/mol. The van der Waals surface area contributed by atoms with Crippen LogP contribution in [0.25, 0.3) is 120 Å². The summed E-state index contributed by atoms with van der Waals surface area (Å²) in [5.41, 5.74) is 11.6. The van der Waals surface area contributed by atoms with Crippen molar-refractivity contribution in [1.29, 1.82) is 0 Å². The highest BCUT2D eigenvalue weighted by Gasteiger charge is 2.18. The Bertz CT molecular complexity index is 3510. The van der Waals surface area contributed by atoms with E-state index < -0.39 is 0 Å². The molecule has 0 unspecified atom stereocenters. The summed E-state index contributed by atoms with van der Waals surface area (Å²) in [4.78, 5) is 0. The molecule has 57 heavy (non-hydrogen) atoms. The highest BCUT2D eigenvalue weighted by atomic mass is 16.3. The van der Waals surface area contributed by atoms with E-state index in [-0.39, 0.29) is 0 Å². The lowest BCUT2D eigenvalue weighted by Crippen LogP contribution is -1.91. The minimum Gasteiger partial charge on any atom is -0.456 e. The Kier molecular flexibility index (Phi) is 7.00. The average Bonchev–Trinajstić information content (AvgIpc) is 3.63. The molecule has 0 aliphatic carbocycles. The Morgan fingerprint density at radius 2 is 0.737 bits per heavy atom. The molecule has 0 aliphatic rings. The molecule has 0 aliphatic heterocycles. The minimum atomic E-state index is 0.912. The highest BCUT2D eigenvalue weighted by molar-refractivity contribution is 6.22. The molecule has 1 heteroatoms. The quantitative estimate of drug-likeness (QED) is 0.130. The summed E-state index contributed by atoms with van der Waals surface area (Å²) in [6.45, 7) is 0. The number of benzene rings is 11. The van der Waals surface area contributed by atoms with Crippen LogP contribution in [0.4, 0.5) is 0 Å². The van der Waals surface area contributed by atoms with E-state index in [9.17, 15) is 0 Å². The second kappa shape index (κ2) is 12.5. The maximum atomic E-state index is 6.31. The highest BCUT2D eigenvalue weighted by Crippen LogP contribution is 2.45. The van der Waals surface area contributed by atoms with E-state index in [1.165, 1.54) is 98.4 Å². The van der Waals surface area contributed by atoms with Crippen LogP contribution in [-0.4, -0.2) is 0 Å². The summed E-state index contributed by atoms with van der Waals surface area (Å²) in [7, 11) is 0. The number of hydrogen-bond acceptors (Lipinski definition) is 1. The van der Waals surface area contributed by atoms with Gasteiger partial charge >= 0.3 is 0 Å². The summed E-state index contributed by atoms with van der Waals surface area (Å²) in [6.07, 6.45) is 0. The Morgan fingerprint density at radius 3 is 1.44 bits per heavy atom. The molecule has 0 fully saturated rings. The summed E-state index contributed by atoms with van der Waals surface area (Å²) >= 11 is 0. The van der Waals surface area contributed by atoms with Crippen molar-refractivity contribution in [3.05, 3.63) is 206 Å². The Balaban J connectivity index is 0.994. The van der Waals surface area contributed by atoms with E-state index >= 15 is 0 Å². The van der Waals surface area contributed by atoms with Crippen LogP contribution in [0.2, 0.25) is 0 Å². The zero-order valence-electron chi connectivity index (χ0n) is 31.0. The van der Waals surface area contributed by atoms with Gasteiger partial charge in [-0.25, -0.2) is 0 Å². The first-order valence-corrected chi connectivity index (χ1v) is 19.7. The molecular formula is C56H34O. The zero-order chi connectivity index (χ0) is 37.5. The van der Waals surface area contributed by atoms with Crippen LogP contribution in [0.1, 0.15) is 0 Å². The fraction of sp³-hybridized carbons (Fsp3) is 0. The lowest BCUT2D eigenvalue weighted by molar-refractivity contribution is 0.669. The van der Waals surface area contributed by atoms with Crippen LogP contribution in [0, 0.1) is 0 Å². The molecule has 12 aromatic rings. The largest absolute Gasteiger partial charge is 0.456 e. The van der Waals surface area contributed by atoms with Crippen LogP contribution in [0.3, 0.4) is 0 Å². The van der Waals surface area contributed by atoms with Gasteiger partial charge in [-0.1, -0.05) is 170 Å². The first kappa shape index (κ1) is 31.8. The van der Waals surface area contributed by atoms with Crippen LogP contribution < -0.4 is 0 Å². The average molecular weight is 723 g/mol. The molecule has 0 bridgehead atoms. The van der Waals surface area contributed by atoms with E-state index in [1.54, 1.807) is 0 Å². The minimum absolute atomic E-state index is 0.912. The van der Waals surface area contributed by atoms with Crippen molar-refractivity contribution in [2.24, 2.45) is 0 Å². The first-order chi connectivity index (χ1) is 28.2. The molecule has 0 N–H and O–H groups in total. The molecule has 1 aromatic heterocycles. The van der Waals surface area contributed by atoms with Gasteiger partial charge in [0.05, 0.1) is 0 Å². The lowest BCUT2D eigenvalue weighted by Gasteiger charge is -2.19. The normalized spacial score (nSPS) is 11.9. The summed E-state index contributed by atoms with van der Waals surface area (Å²) < 4.78 is 6.31. The van der Waals surface area contributed by atoms with Crippen molar-refractivity contribution in [2.45, 2.75) is 0 Å². The molecular weight excluding hydrogens is 689 g/mol. The third-order valence-corrected chi connectivity index (χ3v) is 12.0. The van der Waals surface area contributed by atoms with Gasteiger partial charge in [0, 0.05) is 10.8 Å². The molecule has 0 atom stereocenters. The second-order valence-corrected chi connectivity index (χ2v) is 15.2. The molecule has 1 nitrogen and oxygen atoms in total. The van der Waals surface area contributed by atoms with Crippen molar-refractivity contribution in [2.75, 3.05) is 0 Å². The van der Waals surface area contributed by atoms with Crippen molar-refractivity contribution < 1.29 is 4.42 Å². The van der Waals surface area contributed by atoms with E-state index in [0.29, 0.717) is 0 Å². The third kappa shape index (κ3) is 5.03. The van der Waals surface area contributed by atoms with Crippen LogP contribution in [0.15, 0.2) is 211 Å². The number of fused-ring (bicyclic) bond motifs is 9. The van der Waals surface area contributed by atoms with Gasteiger partial charge in [0.1, 0.15) is 11.2 Å². The molecule has 0 spiro atoms. The standard InChI is InChI=1S/C56H34O/c1-2-13-38-34-54-52(31-37(38)12-1)51-32-39(28-29-53(51)57-54)35-24-26-36(27-25-35)55-46-20-7-9-22-48(46)56(49-23-10-8-21-47(49)55)42-16-11-15-40(30-42)50-33-41-14-3-4-17-43(41)44-18-5-6-19-45(44)50/h1-34H. The molecule has 0 radical (unpaired) electrons. The van der Waals surface area contributed by atoms with Gasteiger partial charge in [-0.15, -0.1) is 0 Å². The predicted molar refractivity (Wildman–Crippen MR) is 243 cm³/mol. The van der Waals surface area contributed by atoms with Crippen molar-refractivity contribution in [3.63, 3.8) is 0 Å².